The molecule has 0 bridgehead atoms. The Labute approximate surface area is 188 Å². The van der Waals surface area contributed by atoms with Crippen molar-refractivity contribution in [2.75, 3.05) is 16.8 Å². The van der Waals surface area contributed by atoms with Gasteiger partial charge in [-0.2, -0.15) is 5.11 Å². The van der Waals surface area contributed by atoms with Gasteiger partial charge >= 0.3 is 0 Å². The van der Waals surface area contributed by atoms with Crippen LogP contribution >= 0.6 is 23.2 Å². The average molecular weight is 460 g/mol. The van der Waals surface area contributed by atoms with Gasteiger partial charge in [-0.3, -0.25) is 19.4 Å². The number of nitrogens with zero attached hydrogens (tertiary/aromatic N) is 4. The van der Waals surface area contributed by atoms with Crippen molar-refractivity contribution in [3.63, 3.8) is 0 Å². The van der Waals surface area contributed by atoms with Gasteiger partial charge in [0.25, 0.3) is 11.8 Å². The van der Waals surface area contributed by atoms with Crippen LogP contribution in [0, 0.1) is 0 Å². The summed E-state index contributed by atoms with van der Waals surface area (Å²) in [6, 6.07) is 10.00. The third-order valence-electron chi connectivity index (χ3n) is 5.19. The molecular formula is C21H19Cl2N5O3. The molecule has 2 heterocycles. The van der Waals surface area contributed by atoms with E-state index in [2.05, 4.69) is 29.5 Å². The van der Waals surface area contributed by atoms with E-state index in [1.165, 1.54) is 11.1 Å². The number of amides is 3. The number of halogens is 2. The van der Waals surface area contributed by atoms with E-state index < -0.39 is 29.8 Å². The van der Waals surface area contributed by atoms with Gasteiger partial charge in [0.1, 0.15) is 6.54 Å². The Morgan fingerprint density at radius 2 is 1.81 bits per heavy atom. The molecule has 1 N–H and O–H groups in total. The second kappa shape index (κ2) is 8.28. The van der Waals surface area contributed by atoms with E-state index in [4.69, 9.17) is 23.2 Å². The summed E-state index contributed by atoms with van der Waals surface area (Å²) in [5.41, 5.74) is 1.95. The van der Waals surface area contributed by atoms with Gasteiger partial charge in [-0.25, -0.2) is 4.90 Å². The Morgan fingerprint density at radius 3 is 2.45 bits per heavy atom. The normalized spacial score (nSPS) is 20.0. The highest BCUT2D eigenvalue weighted by molar-refractivity contribution is 6.36. The van der Waals surface area contributed by atoms with E-state index in [-0.39, 0.29) is 11.6 Å². The van der Waals surface area contributed by atoms with E-state index in [9.17, 15) is 14.4 Å². The van der Waals surface area contributed by atoms with Crippen LogP contribution < -0.4 is 10.2 Å². The first kappa shape index (κ1) is 21.3. The Morgan fingerprint density at radius 1 is 1.10 bits per heavy atom. The van der Waals surface area contributed by atoms with Gasteiger partial charge in [0.05, 0.1) is 16.4 Å². The van der Waals surface area contributed by atoms with E-state index in [1.54, 1.807) is 24.3 Å². The molecule has 0 aliphatic carbocycles. The number of imide groups is 1. The summed E-state index contributed by atoms with van der Waals surface area (Å²) in [5.74, 6) is -1.05. The highest BCUT2D eigenvalue weighted by Gasteiger charge is 2.55. The highest BCUT2D eigenvalue weighted by atomic mass is 35.5. The molecule has 0 radical (unpaired) electrons. The SMILES string of the molecule is CC(C)c1ccc(N2C(=O)[C@H]3N=NN(CC(=O)Nc4ccc(Cl)cc4Cl)[C@@H]3C2=O)cc1. The van der Waals surface area contributed by atoms with Crippen molar-refractivity contribution in [2.45, 2.75) is 31.8 Å². The van der Waals surface area contributed by atoms with Gasteiger partial charge in [0, 0.05) is 5.02 Å². The third-order valence-corrected chi connectivity index (χ3v) is 5.73. The molecule has 10 heteroatoms. The number of benzene rings is 2. The standard InChI is InChI=1S/C21H19Cl2N5O3/c1-11(2)12-3-6-14(7-4-12)28-20(30)18-19(21(28)31)27(26-25-18)10-17(29)24-16-8-5-13(22)9-15(16)23/h3-9,11,18-19H,10H2,1-2H3,(H,24,29)/t18-,19-/m0/s1. The van der Waals surface area contributed by atoms with Crippen molar-refractivity contribution in [1.82, 2.24) is 5.01 Å². The lowest BCUT2D eigenvalue weighted by atomic mass is 10.0. The molecule has 2 aromatic rings. The van der Waals surface area contributed by atoms with Crippen LogP contribution in [0.3, 0.4) is 0 Å². The van der Waals surface area contributed by atoms with Gasteiger partial charge in [-0.15, -0.1) is 0 Å². The van der Waals surface area contributed by atoms with Crippen LogP contribution in [-0.4, -0.2) is 41.4 Å². The molecule has 0 unspecified atom stereocenters. The van der Waals surface area contributed by atoms with E-state index in [1.807, 2.05) is 12.1 Å². The number of hydrogen-bond acceptors (Lipinski definition) is 6. The Hall–Kier alpha value is -2.97. The topological polar surface area (TPSA) is 94.4 Å². The largest absolute Gasteiger partial charge is 0.323 e. The van der Waals surface area contributed by atoms with Crippen molar-refractivity contribution in [1.29, 1.82) is 0 Å². The first-order valence-electron chi connectivity index (χ1n) is 9.66. The van der Waals surface area contributed by atoms with Gasteiger partial charge < -0.3 is 5.32 Å². The predicted molar refractivity (Wildman–Crippen MR) is 117 cm³/mol. The summed E-state index contributed by atoms with van der Waals surface area (Å²) in [4.78, 5) is 39.4. The van der Waals surface area contributed by atoms with Crippen molar-refractivity contribution in [3.05, 3.63) is 58.1 Å². The van der Waals surface area contributed by atoms with E-state index >= 15 is 0 Å². The van der Waals surface area contributed by atoms with Crippen LogP contribution in [0.2, 0.25) is 10.0 Å². The van der Waals surface area contributed by atoms with Gasteiger partial charge in [0.15, 0.2) is 12.1 Å². The van der Waals surface area contributed by atoms with Crippen molar-refractivity contribution < 1.29 is 14.4 Å². The molecule has 0 aromatic heterocycles. The second-order valence-corrected chi connectivity index (χ2v) is 8.47. The van der Waals surface area contributed by atoms with Crippen LogP contribution in [0.5, 0.6) is 0 Å². The summed E-state index contributed by atoms with van der Waals surface area (Å²) in [7, 11) is 0. The minimum atomic E-state index is -0.968. The molecule has 2 atom stereocenters. The van der Waals surface area contributed by atoms with Crippen molar-refractivity contribution in [2.24, 2.45) is 10.3 Å². The third kappa shape index (κ3) is 4.00. The minimum Gasteiger partial charge on any atom is -0.323 e. The van der Waals surface area contributed by atoms with Crippen LogP contribution in [0.25, 0.3) is 0 Å². The monoisotopic (exact) mass is 459 g/mol. The maximum Gasteiger partial charge on any atom is 0.263 e. The number of rotatable bonds is 5. The molecule has 31 heavy (non-hydrogen) atoms. The first-order valence-corrected chi connectivity index (χ1v) is 10.4. The molecule has 2 aromatic carbocycles. The zero-order chi connectivity index (χ0) is 22.3. The zero-order valence-electron chi connectivity index (χ0n) is 16.8. The molecule has 0 saturated carbocycles. The van der Waals surface area contributed by atoms with Crippen molar-refractivity contribution in [3.8, 4) is 0 Å². The van der Waals surface area contributed by atoms with Gasteiger partial charge in [0.2, 0.25) is 5.91 Å². The lowest BCUT2D eigenvalue weighted by Gasteiger charge is -2.20. The van der Waals surface area contributed by atoms with Crippen molar-refractivity contribution >= 4 is 52.3 Å². The maximum absolute atomic E-state index is 13.0. The smallest absolute Gasteiger partial charge is 0.263 e. The van der Waals surface area contributed by atoms with Crippen LogP contribution in [0.1, 0.15) is 25.3 Å². The number of fused-ring (bicyclic) bond motifs is 1. The molecule has 1 saturated heterocycles. The van der Waals surface area contributed by atoms with Crippen LogP contribution in [-0.2, 0) is 14.4 Å². The number of nitrogens with one attached hydrogen (secondary N) is 1. The summed E-state index contributed by atoms with van der Waals surface area (Å²) < 4.78 is 0. The number of hydrogen-bond donors (Lipinski definition) is 1. The lowest BCUT2D eigenvalue weighted by Crippen LogP contribution is -2.43. The summed E-state index contributed by atoms with van der Waals surface area (Å²) in [6.45, 7) is 3.86. The fourth-order valence-corrected chi connectivity index (χ4v) is 4.00. The van der Waals surface area contributed by atoms with Crippen LogP contribution in [0.15, 0.2) is 52.8 Å². The average Bonchev–Trinajstić information content (AvgIpc) is 3.24. The molecule has 0 spiro atoms. The zero-order valence-corrected chi connectivity index (χ0v) is 18.3. The van der Waals surface area contributed by atoms with Gasteiger partial charge in [-0.1, -0.05) is 54.4 Å². The Kier molecular flexibility index (Phi) is 5.68. The quantitative estimate of drug-likeness (QED) is 0.682. The fourth-order valence-electron chi connectivity index (χ4n) is 3.54. The predicted octanol–water partition coefficient (Wildman–Crippen LogP) is 4.05. The van der Waals surface area contributed by atoms with E-state index in [0.717, 1.165) is 10.5 Å². The lowest BCUT2D eigenvalue weighted by molar-refractivity contribution is -0.123. The van der Waals surface area contributed by atoms with E-state index in [0.29, 0.717) is 22.3 Å². The molecular weight excluding hydrogens is 441 g/mol. The second-order valence-electron chi connectivity index (χ2n) is 7.62. The summed E-state index contributed by atoms with van der Waals surface area (Å²) >= 11 is 11.9. The molecule has 8 nitrogen and oxygen atoms in total. The molecule has 2 aliphatic rings. The summed E-state index contributed by atoms with van der Waals surface area (Å²) in [6.07, 6.45) is 0. The molecule has 2 aliphatic heterocycles. The molecule has 1 fully saturated rings. The van der Waals surface area contributed by atoms with Crippen LogP contribution in [0.4, 0.5) is 11.4 Å². The minimum absolute atomic E-state index is 0.261. The maximum atomic E-state index is 13.0. The summed E-state index contributed by atoms with van der Waals surface area (Å²) in [5, 5.41) is 12.4. The van der Waals surface area contributed by atoms with Gasteiger partial charge in [-0.05, 0) is 41.8 Å². The number of anilines is 2. The molecule has 3 amide bonds. The Balaban J connectivity index is 1.48. The fraction of sp³-hybridized carbons (Fsp3) is 0.286. The number of carbonyl (C=O) groups excluding carboxylic acids is 3. The first-order chi connectivity index (χ1) is 14.8. The molecule has 4 rings (SSSR count). The Bertz CT molecular complexity index is 1090. The highest BCUT2D eigenvalue weighted by Crippen LogP contribution is 2.32. The number of carbonyl (C=O) groups is 3. The molecule has 160 valence electrons.